The Bertz CT molecular complexity index is 790. The molecule has 1 saturated heterocycles. The van der Waals surface area contributed by atoms with Crippen LogP contribution in [0.4, 0.5) is 17.3 Å². The molecule has 156 valence electrons. The van der Waals surface area contributed by atoms with E-state index in [4.69, 9.17) is 10.5 Å². The van der Waals surface area contributed by atoms with Gasteiger partial charge in [0.15, 0.2) is 0 Å². The van der Waals surface area contributed by atoms with Crippen LogP contribution in [-0.2, 0) is 0 Å². The van der Waals surface area contributed by atoms with Crippen LogP contribution in [0, 0.1) is 32.8 Å². The molecule has 10 heteroatoms. The molecule has 29 heavy (non-hydrogen) atoms. The second kappa shape index (κ2) is 9.01. The summed E-state index contributed by atoms with van der Waals surface area (Å²) in [6, 6.07) is 4.06. The zero-order chi connectivity index (χ0) is 21.7. The first kappa shape index (κ1) is 22.3. The lowest BCUT2D eigenvalue weighted by Crippen LogP contribution is -2.60. The molecule has 0 aliphatic carbocycles. The minimum atomic E-state index is -0.499. The zero-order valence-electron chi connectivity index (χ0n) is 17.4. The van der Waals surface area contributed by atoms with Crippen LogP contribution in [0.3, 0.4) is 0 Å². The van der Waals surface area contributed by atoms with E-state index in [9.17, 15) is 10.1 Å². The number of nitrogens with one attached hydrogen (secondary N) is 2. The van der Waals surface area contributed by atoms with Crippen LogP contribution in [-0.4, -0.2) is 45.1 Å². The Morgan fingerprint density at radius 2 is 1.76 bits per heavy atom. The summed E-state index contributed by atoms with van der Waals surface area (Å²) in [5, 5.41) is 36.6. The van der Waals surface area contributed by atoms with Gasteiger partial charge in [-0.2, -0.15) is 10.5 Å². The van der Waals surface area contributed by atoms with Crippen LogP contribution < -0.4 is 15.5 Å². The fourth-order valence-corrected chi connectivity index (χ4v) is 4.19. The van der Waals surface area contributed by atoms with Crippen molar-refractivity contribution in [3.63, 3.8) is 0 Å². The maximum atomic E-state index is 11.9. The number of aromatic nitrogens is 2. The number of piperidine rings is 1. The van der Waals surface area contributed by atoms with E-state index in [-0.39, 0.29) is 60.4 Å². The summed E-state index contributed by atoms with van der Waals surface area (Å²) in [5.41, 5.74) is -0.483. The van der Waals surface area contributed by atoms with E-state index in [1.165, 1.54) is 6.33 Å². The molecule has 1 aromatic heterocycles. The van der Waals surface area contributed by atoms with Crippen LogP contribution in [0.25, 0.3) is 0 Å². The fraction of sp³-hybridized carbons (Fsp3) is 0.684. The van der Waals surface area contributed by atoms with Gasteiger partial charge >= 0.3 is 5.69 Å². The Hall–Kier alpha value is -2.98. The van der Waals surface area contributed by atoms with E-state index in [1.807, 2.05) is 12.1 Å². The van der Waals surface area contributed by atoms with E-state index in [0.29, 0.717) is 0 Å². The largest absolute Gasteiger partial charge is 0.361 e. The first-order chi connectivity index (χ1) is 13.6. The van der Waals surface area contributed by atoms with Gasteiger partial charge in [0.1, 0.15) is 6.33 Å². The lowest BCUT2D eigenvalue weighted by atomic mass is 9.79. The average molecular weight is 400 g/mol. The molecular weight excluding hydrogens is 372 g/mol. The highest BCUT2D eigenvalue weighted by Gasteiger charge is 2.39. The Balaban J connectivity index is 2.38. The van der Waals surface area contributed by atoms with Gasteiger partial charge in [0.2, 0.25) is 11.6 Å². The second-order valence-electron chi connectivity index (χ2n) is 8.60. The van der Waals surface area contributed by atoms with Gasteiger partial charge in [-0.1, -0.05) is 0 Å². The highest BCUT2D eigenvalue weighted by molar-refractivity contribution is 5.70. The molecule has 1 fully saturated rings. The Kier molecular flexibility index (Phi) is 6.93. The highest BCUT2D eigenvalue weighted by atomic mass is 16.6. The minimum absolute atomic E-state index is 0.00522. The zero-order valence-corrected chi connectivity index (χ0v) is 17.4. The van der Waals surface area contributed by atoms with Crippen LogP contribution in [0.2, 0.25) is 0 Å². The lowest BCUT2D eigenvalue weighted by Gasteiger charge is -2.46. The maximum Gasteiger partial charge on any atom is 0.353 e. The van der Waals surface area contributed by atoms with Gasteiger partial charge in [0.05, 0.1) is 29.9 Å². The SMILES string of the molecule is CC1(C)CC(Nc2ncnc(N(CCC#N)CCC#N)c2[N+](=O)[O-])CC(C)(C)N1. The Morgan fingerprint density at radius 3 is 2.24 bits per heavy atom. The Morgan fingerprint density at radius 1 is 1.21 bits per heavy atom. The first-order valence-corrected chi connectivity index (χ1v) is 9.63. The molecule has 0 spiro atoms. The van der Waals surface area contributed by atoms with E-state index < -0.39 is 4.92 Å². The molecule has 0 atom stereocenters. The number of anilines is 2. The molecular formula is C19H28N8O2. The third-order valence-corrected chi connectivity index (χ3v) is 4.80. The predicted octanol–water partition coefficient (Wildman–Crippen LogP) is 2.74. The molecule has 2 heterocycles. The molecule has 0 aromatic carbocycles. The van der Waals surface area contributed by atoms with Crippen LogP contribution in [0.15, 0.2) is 6.33 Å². The number of nitro groups is 1. The number of rotatable bonds is 8. The van der Waals surface area contributed by atoms with Crippen molar-refractivity contribution in [2.24, 2.45) is 0 Å². The number of nitrogens with zero attached hydrogens (tertiary/aromatic N) is 6. The van der Waals surface area contributed by atoms with Gasteiger partial charge in [-0.05, 0) is 40.5 Å². The predicted molar refractivity (Wildman–Crippen MR) is 109 cm³/mol. The molecule has 2 N–H and O–H groups in total. The lowest BCUT2D eigenvalue weighted by molar-refractivity contribution is -0.383. The van der Waals surface area contributed by atoms with Crippen molar-refractivity contribution in [2.75, 3.05) is 23.3 Å². The van der Waals surface area contributed by atoms with E-state index in [1.54, 1.807) is 4.90 Å². The number of hydrogen-bond donors (Lipinski definition) is 2. The maximum absolute atomic E-state index is 11.9. The summed E-state index contributed by atoms with van der Waals surface area (Å²) in [6.07, 6.45) is 3.19. The standard InChI is InChI=1S/C19H28N8O2/c1-18(2)11-14(12-19(3,4)25-18)24-16-15(27(28)29)17(23-13-22-16)26(9-5-7-20)10-6-8-21/h13-14,25H,5-6,9-12H2,1-4H3,(H,22,23,24). The van der Waals surface area contributed by atoms with E-state index in [2.05, 4.69) is 48.3 Å². The van der Waals surface area contributed by atoms with Crippen molar-refractivity contribution in [3.05, 3.63) is 16.4 Å². The summed E-state index contributed by atoms with van der Waals surface area (Å²) >= 11 is 0. The first-order valence-electron chi connectivity index (χ1n) is 9.63. The molecule has 10 nitrogen and oxygen atoms in total. The van der Waals surface area contributed by atoms with Gasteiger partial charge in [-0.3, -0.25) is 10.1 Å². The van der Waals surface area contributed by atoms with Gasteiger partial charge in [0.25, 0.3) is 0 Å². The van der Waals surface area contributed by atoms with E-state index >= 15 is 0 Å². The average Bonchev–Trinajstić information content (AvgIpc) is 2.58. The monoisotopic (exact) mass is 400 g/mol. The normalized spacial score (nSPS) is 17.7. The molecule has 0 radical (unpaired) electrons. The fourth-order valence-electron chi connectivity index (χ4n) is 4.19. The van der Waals surface area contributed by atoms with Crippen molar-refractivity contribution in [2.45, 2.75) is 70.5 Å². The molecule has 0 unspecified atom stereocenters. The van der Waals surface area contributed by atoms with Gasteiger partial charge < -0.3 is 15.5 Å². The van der Waals surface area contributed by atoms with Crippen molar-refractivity contribution in [3.8, 4) is 12.1 Å². The molecule has 1 aromatic rings. The summed E-state index contributed by atoms with van der Waals surface area (Å²) in [7, 11) is 0. The quantitative estimate of drug-likeness (QED) is 0.497. The molecule has 0 bridgehead atoms. The minimum Gasteiger partial charge on any atom is -0.361 e. The van der Waals surface area contributed by atoms with E-state index in [0.717, 1.165) is 12.8 Å². The molecule has 1 aliphatic rings. The van der Waals surface area contributed by atoms with Crippen molar-refractivity contribution < 1.29 is 4.92 Å². The Labute approximate surface area is 171 Å². The molecule has 0 amide bonds. The summed E-state index contributed by atoms with van der Waals surface area (Å²) in [4.78, 5) is 21.3. The smallest absolute Gasteiger partial charge is 0.353 e. The number of nitriles is 2. The molecule has 1 aliphatic heterocycles. The van der Waals surface area contributed by atoms with Gasteiger partial charge in [-0.25, -0.2) is 9.97 Å². The topological polar surface area (TPSA) is 144 Å². The van der Waals surface area contributed by atoms with Crippen LogP contribution in [0.5, 0.6) is 0 Å². The second-order valence-corrected chi connectivity index (χ2v) is 8.60. The molecule has 0 saturated carbocycles. The van der Waals surface area contributed by atoms with Gasteiger partial charge in [-0.15, -0.1) is 0 Å². The van der Waals surface area contributed by atoms with Gasteiger partial charge in [0, 0.05) is 30.2 Å². The van der Waals surface area contributed by atoms with Crippen molar-refractivity contribution >= 4 is 17.3 Å². The van der Waals surface area contributed by atoms with Crippen molar-refractivity contribution in [1.29, 1.82) is 10.5 Å². The summed E-state index contributed by atoms with van der Waals surface area (Å²) < 4.78 is 0. The van der Waals surface area contributed by atoms with Crippen LogP contribution in [0.1, 0.15) is 53.4 Å². The van der Waals surface area contributed by atoms with Crippen molar-refractivity contribution in [1.82, 2.24) is 15.3 Å². The number of hydrogen-bond acceptors (Lipinski definition) is 9. The molecule has 2 rings (SSSR count). The third-order valence-electron chi connectivity index (χ3n) is 4.80. The third kappa shape index (κ3) is 6.00. The highest BCUT2D eigenvalue weighted by Crippen LogP contribution is 2.35. The summed E-state index contributed by atoms with van der Waals surface area (Å²) in [6.45, 7) is 8.93. The summed E-state index contributed by atoms with van der Waals surface area (Å²) in [5.74, 6) is 0.294. The van der Waals surface area contributed by atoms with Crippen LogP contribution >= 0.6 is 0 Å².